The number of likely N-dealkylation sites (N-methyl/N-ethyl adjacent to an activating group) is 1. The summed E-state index contributed by atoms with van der Waals surface area (Å²) in [4.78, 5) is 3.96. The molecule has 1 unspecified atom stereocenters. The molecule has 1 aromatic heterocycles. The number of rotatable bonds is 8. The van der Waals surface area contributed by atoms with Crippen molar-refractivity contribution in [3.05, 3.63) is 21.9 Å². The van der Waals surface area contributed by atoms with Gasteiger partial charge in [-0.2, -0.15) is 0 Å². The van der Waals surface area contributed by atoms with Crippen LogP contribution in [0.2, 0.25) is 0 Å². The largest absolute Gasteiger partial charge is 0.308 e. The fourth-order valence-corrected chi connectivity index (χ4v) is 2.96. The molecule has 1 aromatic rings. The SMILES string of the molecule is CCc1ccsc1CNC(C)CN(CC)CC. The van der Waals surface area contributed by atoms with Gasteiger partial charge in [-0.3, -0.25) is 0 Å². The van der Waals surface area contributed by atoms with Gasteiger partial charge >= 0.3 is 0 Å². The lowest BCUT2D eigenvalue weighted by molar-refractivity contribution is 0.271. The Kier molecular flexibility index (Phi) is 6.78. The maximum absolute atomic E-state index is 3.63. The van der Waals surface area contributed by atoms with Gasteiger partial charge in [-0.25, -0.2) is 0 Å². The predicted molar refractivity (Wildman–Crippen MR) is 77.8 cm³/mol. The molecule has 1 heterocycles. The van der Waals surface area contributed by atoms with E-state index in [0.717, 1.165) is 32.6 Å². The molecule has 0 amide bonds. The zero-order valence-electron chi connectivity index (χ0n) is 11.6. The quantitative estimate of drug-likeness (QED) is 0.767. The molecule has 1 N–H and O–H groups in total. The van der Waals surface area contributed by atoms with Gasteiger partial charge in [0.15, 0.2) is 0 Å². The van der Waals surface area contributed by atoms with E-state index < -0.39 is 0 Å². The maximum Gasteiger partial charge on any atom is 0.0305 e. The van der Waals surface area contributed by atoms with Crippen molar-refractivity contribution in [1.29, 1.82) is 0 Å². The van der Waals surface area contributed by atoms with E-state index in [-0.39, 0.29) is 0 Å². The third-order valence-electron chi connectivity index (χ3n) is 3.26. The monoisotopic (exact) mass is 254 g/mol. The minimum absolute atomic E-state index is 0.557. The fraction of sp³-hybridized carbons (Fsp3) is 0.714. The molecule has 0 aliphatic heterocycles. The van der Waals surface area contributed by atoms with E-state index in [4.69, 9.17) is 0 Å². The molecule has 2 nitrogen and oxygen atoms in total. The van der Waals surface area contributed by atoms with Crippen LogP contribution in [0, 0.1) is 0 Å². The lowest BCUT2D eigenvalue weighted by Gasteiger charge is -2.23. The Balaban J connectivity index is 2.35. The Morgan fingerprint density at radius 1 is 1.29 bits per heavy atom. The molecular formula is C14H26N2S. The second-order valence-electron chi connectivity index (χ2n) is 4.49. The molecule has 0 bridgehead atoms. The van der Waals surface area contributed by atoms with E-state index in [1.807, 2.05) is 11.3 Å². The van der Waals surface area contributed by atoms with Gasteiger partial charge in [-0.15, -0.1) is 11.3 Å². The van der Waals surface area contributed by atoms with Crippen LogP contribution in [0.25, 0.3) is 0 Å². The zero-order chi connectivity index (χ0) is 12.7. The molecule has 0 saturated heterocycles. The van der Waals surface area contributed by atoms with Crippen molar-refractivity contribution < 1.29 is 0 Å². The maximum atomic E-state index is 3.63. The van der Waals surface area contributed by atoms with E-state index in [1.54, 1.807) is 0 Å². The van der Waals surface area contributed by atoms with Crippen molar-refractivity contribution >= 4 is 11.3 Å². The third kappa shape index (κ3) is 4.78. The van der Waals surface area contributed by atoms with Crippen molar-refractivity contribution in [3.63, 3.8) is 0 Å². The van der Waals surface area contributed by atoms with Gasteiger partial charge in [0.25, 0.3) is 0 Å². The van der Waals surface area contributed by atoms with Crippen LogP contribution >= 0.6 is 11.3 Å². The number of nitrogens with one attached hydrogen (secondary N) is 1. The summed E-state index contributed by atoms with van der Waals surface area (Å²) < 4.78 is 0. The number of hydrogen-bond donors (Lipinski definition) is 1. The third-order valence-corrected chi connectivity index (χ3v) is 4.22. The lowest BCUT2D eigenvalue weighted by atomic mass is 10.2. The zero-order valence-corrected chi connectivity index (χ0v) is 12.4. The summed E-state index contributed by atoms with van der Waals surface area (Å²) in [7, 11) is 0. The van der Waals surface area contributed by atoms with E-state index >= 15 is 0 Å². The van der Waals surface area contributed by atoms with Crippen molar-refractivity contribution in [2.24, 2.45) is 0 Å². The van der Waals surface area contributed by atoms with Gasteiger partial charge in [0.1, 0.15) is 0 Å². The standard InChI is InChI=1S/C14H26N2S/c1-5-13-8-9-17-14(13)10-15-12(4)11-16(6-2)7-3/h8-9,12,15H,5-7,10-11H2,1-4H3. The predicted octanol–water partition coefficient (Wildman–Crippen LogP) is 3.13. The normalized spacial score (nSPS) is 13.2. The van der Waals surface area contributed by atoms with Crippen molar-refractivity contribution in [3.8, 4) is 0 Å². The van der Waals surface area contributed by atoms with Crippen LogP contribution in [0.1, 0.15) is 38.1 Å². The first kappa shape index (κ1) is 14.7. The highest BCUT2D eigenvalue weighted by Crippen LogP contribution is 2.17. The van der Waals surface area contributed by atoms with E-state index in [9.17, 15) is 0 Å². The second kappa shape index (κ2) is 7.85. The van der Waals surface area contributed by atoms with Gasteiger partial charge in [-0.1, -0.05) is 20.8 Å². The highest BCUT2D eigenvalue weighted by Gasteiger charge is 2.08. The summed E-state index contributed by atoms with van der Waals surface area (Å²) in [5.74, 6) is 0. The minimum Gasteiger partial charge on any atom is -0.308 e. The molecule has 0 saturated carbocycles. The molecule has 0 aliphatic rings. The first-order valence-electron chi connectivity index (χ1n) is 6.72. The smallest absolute Gasteiger partial charge is 0.0305 e. The van der Waals surface area contributed by atoms with Crippen molar-refractivity contribution in [2.75, 3.05) is 19.6 Å². The highest BCUT2D eigenvalue weighted by molar-refractivity contribution is 7.10. The topological polar surface area (TPSA) is 15.3 Å². The molecule has 0 spiro atoms. The second-order valence-corrected chi connectivity index (χ2v) is 5.49. The molecule has 3 heteroatoms. The summed E-state index contributed by atoms with van der Waals surface area (Å²) in [5.41, 5.74) is 1.50. The molecule has 98 valence electrons. The number of nitrogens with zero attached hydrogens (tertiary/aromatic N) is 1. The van der Waals surface area contributed by atoms with Crippen LogP contribution in [0.5, 0.6) is 0 Å². The van der Waals surface area contributed by atoms with Gasteiger partial charge in [0.05, 0.1) is 0 Å². The molecule has 0 aliphatic carbocycles. The lowest BCUT2D eigenvalue weighted by Crippen LogP contribution is -2.38. The molecule has 0 aromatic carbocycles. The Bertz CT molecular complexity index is 305. The summed E-state index contributed by atoms with van der Waals surface area (Å²) >= 11 is 1.87. The van der Waals surface area contributed by atoms with Crippen LogP contribution in [0.3, 0.4) is 0 Å². The molecular weight excluding hydrogens is 228 g/mol. The van der Waals surface area contributed by atoms with Crippen LogP contribution in [-0.2, 0) is 13.0 Å². The summed E-state index contributed by atoms with van der Waals surface area (Å²) in [6.07, 6.45) is 1.14. The van der Waals surface area contributed by atoms with E-state index in [0.29, 0.717) is 6.04 Å². The van der Waals surface area contributed by atoms with Crippen molar-refractivity contribution in [2.45, 2.75) is 46.7 Å². The summed E-state index contributed by atoms with van der Waals surface area (Å²) in [6, 6.07) is 2.80. The van der Waals surface area contributed by atoms with Gasteiger partial charge in [0, 0.05) is 24.0 Å². The number of aryl methyl sites for hydroxylation is 1. The summed E-state index contributed by atoms with van der Waals surface area (Å²) in [5, 5.41) is 5.83. The van der Waals surface area contributed by atoms with Gasteiger partial charge < -0.3 is 10.2 Å². The van der Waals surface area contributed by atoms with Gasteiger partial charge in [-0.05, 0) is 43.4 Å². The minimum atomic E-state index is 0.557. The molecule has 1 rings (SSSR count). The van der Waals surface area contributed by atoms with Crippen LogP contribution in [0.15, 0.2) is 11.4 Å². The first-order valence-corrected chi connectivity index (χ1v) is 7.60. The van der Waals surface area contributed by atoms with Crippen LogP contribution < -0.4 is 5.32 Å². The summed E-state index contributed by atoms with van der Waals surface area (Å²) in [6.45, 7) is 13.4. The molecule has 0 fully saturated rings. The van der Waals surface area contributed by atoms with Crippen LogP contribution in [0.4, 0.5) is 0 Å². The number of thiophene rings is 1. The van der Waals surface area contributed by atoms with E-state index in [1.165, 1.54) is 10.4 Å². The molecule has 17 heavy (non-hydrogen) atoms. The Morgan fingerprint density at radius 2 is 2.00 bits per heavy atom. The van der Waals surface area contributed by atoms with Gasteiger partial charge in [0.2, 0.25) is 0 Å². The molecule has 1 atom stereocenters. The molecule has 0 radical (unpaired) electrons. The average molecular weight is 254 g/mol. The first-order chi connectivity index (χ1) is 8.21. The Hall–Kier alpha value is -0.380. The van der Waals surface area contributed by atoms with E-state index in [2.05, 4.69) is 49.4 Å². The number of hydrogen-bond acceptors (Lipinski definition) is 3. The average Bonchev–Trinajstić information content (AvgIpc) is 2.80. The van der Waals surface area contributed by atoms with Crippen LogP contribution in [-0.4, -0.2) is 30.6 Å². The Labute approximate surface area is 110 Å². The highest BCUT2D eigenvalue weighted by atomic mass is 32.1. The fourth-order valence-electron chi connectivity index (χ4n) is 2.04. The Morgan fingerprint density at radius 3 is 2.59 bits per heavy atom. The van der Waals surface area contributed by atoms with Crippen molar-refractivity contribution in [1.82, 2.24) is 10.2 Å².